The van der Waals surface area contributed by atoms with Crippen molar-refractivity contribution in [3.8, 4) is 46.0 Å². The van der Waals surface area contributed by atoms with Crippen LogP contribution >= 0.6 is 0 Å². The fourth-order valence-corrected chi connectivity index (χ4v) is 5.01. The van der Waals surface area contributed by atoms with Gasteiger partial charge < -0.3 is 48.1 Å². The summed E-state index contributed by atoms with van der Waals surface area (Å²) in [6.45, 7) is 0.214. The second kappa shape index (κ2) is 21.2. The van der Waals surface area contributed by atoms with Crippen LogP contribution < -0.4 is 37.9 Å². The van der Waals surface area contributed by atoms with Gasteiger partial charge in [-0.1, -0.05) is 68.5 Å². The minimum absolute atomic E-state index is 0.107. The molecule has 0 radical (unpaired) electrons. The summed E-state index contributed by atoms with van der Waals surface area (Å²) < 4.78 is 42.5. The Morgan fingerprint density at radius 3 is 1.00 bits per heavy atom. The highest BCUT2D eigenvalue weighted by Crippen LogP contribution is 2.33. The molecule has 4 aromatic rings. The number of aliphatic hydroxyl groups excluding tert-OH is 2. The Labute approximate surface area is 290 Å². The second-order valence-corrected chi connectivity index (χ2v) is 11.0. The molecule has 0 spiro atoms. The maximum Gasteiger partial charge on any atom is 0.161 e. The van der Waals surface area contributed by atoms with Crippen molar-refractivity contribution in [1.82, 2.24) is 0 Å². The highest BCUT2D eigenvalue weighted by Gasteiger charge is 2.15. The van der Waals surface area contributed by atoms with Crippen LogP contribution in [-0.2, 0) is 0 Å². The first-order valence-electron chi connectivity index (χ1n) is 16.2. The van der Waals surface area contributed by atoms with Crippen LogP contribution in [0.4, 0.5) is 0 Å². The number of methoxy groups -OCH3 is 6. The minimum atomic E-state index is -0.787. The van der Waals surface area contributed by atoms with Gasteiger partial charge in [0.15, 0.2) is 46.0 Å². The van der Waals surface area contributed by atoms with Gasteiger partial charge in [-0.3, -0.25) is 0 Å². The van der Waals surface area contributed by atoms with Gasteiger partial charge in [0.1, 0.15) is 25.4 Å². The molecule has 0 aromatic heterocycles. The topological polar surface area (TPSA) is 114 Å². The van der Waals surface area contributed by atoms with E-state index in [2.05, 4.69) is 0 Å². The lowest BCUT2D eigenvalue weighted by Gasteiger charge is -2.16. The zero-order chi connectivity index (χ0) is 35.4. The number of para-hydroxylation sites is 4. The third-order valence-corrected chi connectivity index (χ3v) is 7.77. The number of ether oxygens (including phenoxy) is 8. The zero-order valence-electron chi connectivity index (χ0n) is 29.3. The molecule has 1 saturated carbocycles. The molecule has 5 rings (SSSR count). The summed E-state index contributed by atoms with van der Waals surface area (Å²) in [7, 11) is 9.40. The van der Waals surface area contributed by atoms with Gasteiger partial charge >= 0.3 is 0 Å². The van der Waals surface area contributed by atoms with Crippen molar-refractivity contribution < 1.29 is 48.1 Å². The summed E-state index contributed by atoms with van der Waals surface area (Å²) in [4.78, 5) is 0. The predicted octanol–water partition coefficient (Wildman–Crippen LogP) is 7.60. The summed E-state index contributed by atoms with van der Waals surface area (Å²) in [5.41, 5.74) is 1.38. The van der Waals surface area contributed by atoms with Crippen molar-refractivity contribution in [2.45, 2.75) is 44.3 Å². The summed E-state index contributed by atoms with van der Waals surface area (Å²) in [5, 5.41) is 20.5. The lowest BCUT2D eigenvalue weighted by Crippen LogP contribution is -2.10. The Kier molecular flexibility index (Phi) is 16.7. The molecule has 2 unspecified atom stereocenters. The molecule has 266 valence electrons. The number of hydrogen-bond donors (Lipinski definition) is 2. The highest BCUT2D eigenvalue weighted by molar-refractivity contribution is 5.45. The second-order valence-electron chi connectivity index (χ2n) is 11.0. The van der Waals surface area contributed by atoms with E-state index in [1.54, 1.807) is 103 Å². The monoisotopic (exact) mass is 678 g/mol. The Balaban J connectivity index is 0.000000232. The molecule has 49 heavy (non-hydrogen) atoms. The van der Waals surface area contributed by atoms with Gasteiger partial charge in [-0.05, 0) is 59.7 Å². The quantitative estimate of drug-likeness (QED) is 0.138. The van der Waals surface area contributed by atoms with Crippen LogP contribution in [0, 0.1) is 0 Å². The first kappa shape index (κ1) is 38.6. The normalized spacial score (nSPS) is 12.9. The maximum atomic E-state index is 10.3. The van der Waals surface area contributed by atoms with Gasteiger partial charge in [0, 0.05) is 0 Å². The molecule has 0 saturated heterocycles. The molecule has 0 amide bonds. The summed E-state index contributed by atoms with van der Waals surface area (Å²) in [5.74, 6) is 4.79. The molecule has 1 aliphatic carbocycles. The third-order valence-electron chi connectivity index (χ3n) is 7.77. The summed E-state index contributed by atoms with van der Waals surface area (Å²) in [6.07, 6.45) is 5.93. The lowest BCUT2D eigenvalue weighted by atomic mass is 10.1. The highest BCUT2D eigenvalue weighted by atomic mass is 16.5. The fraction of sp³-hybridized carbons (Fsp3) is 0.385. The van der Waals surface area contributed by atoms with Gasteiger partial charge in [0.25, 0.3) is 0 Å². The van der Waals surface area contributed by atoms with E-state index in [1.807, 2.05) is 24.3 Å². The van der Waals surface area contributed by atoms with Crippen molar-refractivity contribution in [1.29, 1.82) is 0 Å². The Bertz CT molecular complexity index is 1410. The lowest BCUT2D eigenvalue weighted by molar-refractivity contribution is 0.106. The zero-order valence-corrected chi connectivity index (χ0v) is 29.3. The van der Waals surface area contributed by atoms with E-state index in [4.69, 9.17) is 37.9 Å². The Hall–Kier alpha value is -4.80. The van der Waals surface area contributed by atoms with Crippen LogP contribution in [0.25, 0.3) is 0 Å². The van der Waals surface area contributed by atoms with E-state index >= 15 is 0 Å². The minimum Gasteiger partial charge on any atom is -0.493 e. The molecule has 1 aliphatic rings. The van der Waals surface area contributed by atoms with E-state index < -0.39 is 12.2 Å². The SMILES string of the molecule is C1CCCC1.COc1ccc(C(O)COc2ccccc2OC)cc1OC.COc1ccc(C(O)COc2ccccc2OC)cc1OC. The molecule has 10 heteroatoms. The van der Waals surface area contributed by atoms with Crippen LogP contribution in [-0.4, -0.2) is 66.1 Å². The van der Waals surface area contributed by atoms with Gasteiger partial charge in [0.2, 0.25) is 0 Å². The van der Waals surface area contributed by atoms with Crippen molar-refractivity contribution in [3.05, 3.63) is 96.1 Å². The first-order chi connectivity index (χ1) is 23.9. The van der Waals surface area contributed by atoms with Gasteiger partial charge in [0.05, 0.1) is 42.7 Å². The molecule has 1 fully saturated rings. The third kappa shape index (κ3) is 12.0. The smallest absolute Gasteiger partial charge is 0.161 e. The van der Waals surface area contributed by atoms with Gasteiger partial charge in [-0.25, -0.2) is 0 Å². The molecule has 4 aromatic carbocycles. The van der Waals surface area contributed by atoms with Crippen LogP contribution in [0.15, 0.2) is 84.9 Å². The summed E-state index contributed by atoms with van der Waals surface area (Å²) >= 11 is 0. The van der Waals surface area contributed by atoms with Crippen molar-refractivity contribution in [3.63, 3.8) is 0 Å². The molecule has 0 bridgehead atoms. The van der Waals surface area contributed by atoms with Crippen LogP contribution in [0.1, 0.15) is 55.4 Å². The molecule has 10 nitrogen and oxygen atoms in total. The van der Waals surface area contributed by atoms with E-state index in [-0.39, 0.29) is 13.2 Å². The predicted molar refractivity (Wildman–Crippen MR) is 189 cm³/mol. The summed E-state index contributed by atoms with van der Waals surface area (Å²) in [6, 6.07) is 25.1. The van der Waals surface area contributed by atoms with Gasteiger partial charge in [-0.15, -0.1) is 0 Å². The van der Waals surface area contributed by atoms with E-state index in [0.29, 0.717) is 57.1 Å². The fourth-order valence-electron chi connectivity index (χ4n) is 5.01. The molecule has 2 atom stereocenters. The van der Waals surface area contributed by atoms with Crippen molar-refractivity contribution in [2.24, 2.45) is 0 Å². The maximum absolute atomic E-state index is 10.3. The molecule has 2 N–H and O–H groups in total. The van der Waals surface area contributed by atoms with Crippen LogP contribution in [0.2, 0.25) is 0 Å². The van der Waals surface area contributed by atoms with Gasteiger partial charge in [-0.2, -0.15) is 0 Å². The number of hydrogen-bond acceptors (Lipinski definition) is 10. The van der Waals surface area contributed by atoms with Crippen LogP contribution in [0.5, 0.6) is 46.0 Å². The average molecular weight is 679 g/mol. The van der Waals surface area contributed by atoms with E-state index in [0.717, 1.165) is 0 Å². The standard InChI is InChI=1S/2C17H20O5.C5H10/c2*1-19-14-6-4-5-7-16(14)22-11-13(18)12-8-9-15(20-2)17(10-12)21-3;1-2-4-5-3-1/h2*4-10,13,18H,11H2,1-3H3;1-5H2. The van der Waals surface area contributed by atoms with E-state index in [9.17, 15) is 10.2 Å². The Morgan fingerprint density at radius 2 is 0.694 bits per heavy atom. The van der Waals surface area contributed by atoms with Crippen molar-refractivity contribution in [2.75, 3.05) is 55.9 Å². The van der Waals surface area contributed by atoms with Crippen LogP contribution in [0.3, 0.4) is 0 Å². The molecular formula is C39H50O10. The largest absolute Gasteiger partial charge is 0.493 e. The number of rotatable bonds is 14. The number of aliphatic hydroxyl groups is 2. The average Bonchev–Trinajstić information content (AvgIpc) is 3.76. The Morgan fingerprint density at radius 1 is 0.408 bits per heavy atom. The van der Waals surface area contributed by atoms with E-state index in [1.165, 1.54) is 32.1 Å². The van der Waals surface area contributed by atoms with Crippen molar-refractivity contribution >= 4 is 0 Å². The molecular weight excluding hydrogens is 628 g/mol. The molecule has 0 aliphatic heterocycles. The number of benzene rings is 4. The molecule has 0 heterocycles. The first-order valence-corrected chi connectivity index (χ1v) is 16.2.